The van der Waals surface area contributed by atoms with Crippen LogP contribution < -0.4 is 0 Å². The van der Waals surface area contributed by atoms with E-state index in [4.69, 9.17) is 0 Å². The first kappa shape index (κ1) is 16.2. The molecule has 0 heteroatoms. The first-order chi connectivity index (χ1) is 4.77. The fourth-order valence-electron chi connectivity index (χ4n) is 0.285. The molecule has 0 bridgehead atoms. The van der Waals surface area contributed by atoms with Gasteiger partial charge in [0.1, 0.15) is 0 Å². The van der Waals surface area contributed by atoms with E-state index in [-0.39, 0.29) is 0 Å². The van der Waals surface area contributed by atoms with E-state index < -0.39 is 0 Å². The summed E-state index contributed by atoms with van der Waals surface area (Å²) < 4.78 is 0. The quantitative estimate of drug-likeness (QED) is 0.481. The van der Waals surface area contributed by atoms with Crippen LogP contribution in [0, 0.1) is 0 Å². The highest BCUT2D eigenvalue weighted by atomic mass is 13.7. The second-order valence-corrected chi connectivity index (χ2v) is 1.35. The standard InChI is InChI=1S/C6H10.2C2H6/c1-4-5-6(2)3;2*1-2/h4-5H,2H2,1,3H3;2*1-2H3. The molecular weight excluding hydrogens is 120 g/mol. The van der Waals surface area contributed by atoms with Crippen molar-refractivity contribution in [2.24, 2.45) is 0 Å². The predicted molar refractivity (Wildman–Crippen MR) is 52.3 cm³/mol. The minimum Gasteiger partial charge on any atom is -0.0961 e. The van der Waals surface area contributed by atoms with Crippen LogP contribution in [0.5, 0.6) is 0 Å². The number of rotatable bonds is 1. The highest BCUT2D eigenvalue weighted by molar-refractivity contribution is 5.09. The van der Waals surface area contributed by atoms with Crippen molar-refractivity contribution in [2.45, 2.75) is 41.5 Å². The Balaban J connectivity index is -0.000000105. The van der Waals surface area contributed by atoms with E-state index in [1.807, 2.05) is 53.7 Å². The van der Waals surface area contributed by atoms with Gasteiger partial charge < -0.3 is 0 Å². The molecule has 0 rings (SSSR count). The maximum absolute atomic E-state index is 3.66. The third-order valence-corrected chi connectivity index (χ3v) is 0.451. The van der Waals surface area contributed by atoms with Crippen molar-refractivity contribution in [1.29, 1.82) is 0 Å². The molecule has 0 aliphatic heterocycles. The molecule has 0 aliphatic rings. The minimum atomic E-state index is 1.11. The fourth-order valence-corrected chi connectivity index (χ4v) is 0.285. The molecule has 62 valence electrons. The Morgan fingerprint density at radius 3 is 1.40 bits per heavy atom. The Labute approximate surface area is 66.7 Å². The summed E-state index contributed by atoms with van der Waals surface area (Å²) in [5.74, 6) is 0. The van der Waals surface area contributed by atoms with Gasteiger partial charge in [-0.05, 0) is 13.8 Å². The minimum absolute atomic E-state index is 1.11. The normalized spacial score (nSPS) is 7.00. The van der Waals surface area contributed by atoms with Gasteiger partial charge in [-0.1, -0.05) is 52.0 Å². The summed E-state index contributed by atoms with van der Waals surface area (Å²) in [6.07, 6.45) is 3.95. The topological polar surface area (TPSA) is 0 Å². The molecular formula is C10H22. The zero-order valence-corrected chi connectivity index (χ0v) is 8.36. The fraction of sp³-hybridized carbons (Fsp3) is 0.600. The number of hydrogen-bond acceptors (Lipinski definition) is 0. The molecule has 10 heavy (non-hydrogen) atoms. The maximum atomic E-state index is 3.66. The van der Waals surface area contributed by atoms with Crippen molar-refractivity contribution in [2.75, 3.05) is 0 Å². The molecule has 0 N–H and O–H groups in total. The van der Waals surface area contributed by atoms with Crippen LogP contribution in [0.4, 0.5) is 0 Å². The predicted octanol–water partition coefficient (Wildman–Crippen LogP) is 4.19. The first-order valence-corrected chi connectivity index (χ1v) is 4.05. The Morgan fingerprint density at radius 2 is 1.40 bits per heavy atom. The third kappa shape index (κ3) is 51.1. The Kier molecular flexibility index (Phi) is 38.4. The monoisotopic (exact) mass is 142 g/mol. The molecule has 0 saturated heterocycles. The van der Waals surface area contributed by atoms with E-state index in [0.717, 1.165) is 5.57 Å². The summed E-state index contributed by atoms with van der Waals surface area (Å²) in [4.78, 5) is 0. The van der Waals surface area contributed by atoms with E-state index in [1.165, 1.54) is 0 Å². The molecule has 0 radical (unpaired) electrons. The smallest absolute Gasteiger partial charge is 0.0404 e. The summed E-state index contributed by atoms with van der Waals surface area (Å²) in [6, 6.07) is 0. The zero-order chi connectivity index (χ0) is 8.99. The Hall–Kier alpha value is -0.520. The van der Waals surface area contributed by atoms with Gasteiger partial charge in [0.05, 0.1) is 0 Å². The lowest BCUT2D eigenvalue weighted by Gasteiger charge is -1.75. The maximum Gasteiger partial charge on any atom is -0.0404 e. The summed E-state index contributed by atoms with van der Waals surface area (Å²) in [5, 5.41) is 0. The van der Waals surface area contributed by atoms with Crippen LogP contribution in [0.15, 0.2) is 24.3 Å². The van der Waals surface area contributed by atoms with Gasteiger partial charge >= 0.3 is 0 Å². The van der Waals surface area contributed by atoms with Gasteiger partial charge in [-0.15, -0.1) is 0 Å². The van der Waals surface area contributed by atoms with Crippen LogP contribution in [-0.4, -0.2) is 0 Å². The molecule has 0 spiro atoms. The van der Waals surface area contributed by atoms with E-state index in [9.17, 15) is 0 Å². The molecule has 0 aromatic heterocycles. The van der Waals surface area contributed by atoms with Crippen molar-refractivity contribution in [3.8, 4) is 0 Å². The third-order valence-electron chi connectivity index (χ3n) is 0.451. The number of hydrogen-bond donors (Lipinski definition) is 0. The van der Waals surface area contributed by atoms with Gasteiger partial charge in [0.2, 0.25) is 0 Å². The van der Waals surface area contributed by atoms with Gasteiger partial charge in [0, 0.05) is 0 Å². The molecule has 0 amide bonds. The van der Waals surface area contributed by atoms with E-state index in [2.05, 4.69) is 6.58 Å². The molecule has 0 fully saturated rings. The van der Waals surface area contributed by atoms with Crippen LogP contribution in [0.1, 0.15) is 41.5 Å². The van der Waals surface area contributed by atoms with Crippen LogP contribution in [-0.2, 0) is 0 Å². The lowest BCUT2D eigenvalue weighted by Crippen LogP contribution is -1.54. The van der Waals surface area contributed by atoms with E-state index in [1.54, 1.807) is 0 Å². The number of allylic oxidation sites excluding steroid dienone is 3. The average Bonchev–Trinajstić information content (AvgIpc) is 1.96. The summed E-state index contributed by atoms with van der Waals surface area (Å²) >= 11 is 0. The summed E-state index contributed by atoms with van der Waals surface area (Å²) in [7, 11) is 0. The highest BCUT2D eigenvalue weighted by Crippen LogP contribution is 1.85. The van der Waals surface area contributed by atoms with Crippen molar-refractivity contribution in [3.05, 3.63) is 24.3 Å². The highest BCUT2D eigenvalue weighted by Gasteiger charge is 1.63. The summed E-state index contributed by atoms with van der Waals surface area (Å²) in [6.45, 7) is 15.6. The molecule has 0 aliphatic carbocycles. The SMILES string of the molecule is C=C(C)C=CC.CC.CC. The molecule has 0 unspecified atom stereocenters. The molecule has 0 heterocycles. The second-order valence-electron chi connectivity index (χ2n) is 1.35. The van der Waals surface area contributed by atoms with Crippen molar-refractivity contribution in [1.82, 2.24) is 0 Å². The lowest BCUT2D eigenvalue weighted by atomic mass is 10.3. The zero-order valence-electron chi connectivity index (χ0n) is 8.36. The average molecular weight is 142 g/mol. The largest absolute Gasteiger partial charge is 0.0961 e. The molecule has 0 nitrogen and oxygen atoms in total. The Morgan fingerprint density at radius 1 is 1.10 bits per heavy atom. The van der Waals surface area contributed by atoms with Crippen LogP contribution in [0.2, 0.25) is 0 Å². The lowest BCUT2D eigenvalue weighted by molar-refractivity contribution is 1.50. The summed E-state index contributed by atoms with van der Waals surface area (Å²) in [5.41, 5.74) is 1.11. The van der Waals surface area contributed by atoms with E-state index in [0.29, 0.717) is 0 Å². The van der Waals surface area contributed by atoms with Crippen LogP contribution in [0.25, 0.3) is 0 Å². The molecule has 0 atom stereocenters. The molecule has 0 aromatic carbocycles. The van der Waals surface area contributed by atoms with Gasteiger partial charge in [-0.25, -0.2) is 0 Å². The van der Waals surface area contributed by atoms with Crippen molar-refractivity contribution < 1.29 is 0 Å². The van der Waals surface area contributed by atoms with Gasteiger partial charge in [0.15, 0.2) is 0 Å². The van der Waals surface area contributed by atoms with Gasteiger partial charge in [0.25, 0.3) is 0 Å². The van der Waals surface area contributed by atoms with Crippen molar-refractivity contribution in [3.63, 3.8) is 0 Å². The van der Waals surface area contributed by atoms with Gasteiger partial charge in [-0.3, -0.25) is 0 Å². The van der Waals surface area contributed by atoms with Crippen molar-refractivity contribution >= 4 is 0 Å². The van der Waals surface area contributed by atoms with E-state index >= 15 is 0 Å². The van der Waals surface area contributed by atoms with Gasteiger partial charge in [-0.2, -0.15) is 0 Å². The molecule has 0 saturated carbocycles. The Bertz CT molecular complexity index is 68.1. The second kappa shape index (κ2) is 23.6. The van der Waals surface area contributed by atoms with Crippen LogP contribution >= 0.6 is 0 Å². The molecule has 0 aromatic rings. The van der Waals surface area contributed by atoms with Crippen LogP contribution in [0.3, 0.4) is 0 Å². The first-order valence-electron chi connectivity index (χ1n) is 4.05.